The number of hydrogen-bond donors (Lipinski definition) is 1. The molecule has 1 N–H and O–H groups in total. The lowest BCUT2D eigenvalue weighted by Gasteiger charge is -2.10. The Hall–Kier alpha value is -2.73. The second kappa shape index (κ2) is 10.7. The van der Waals surface area contributed by atoms with Crippen LogP contribution in [0.2, 0.25) is 0 Å². The van der Waals surface area contributed by atoms with E-state index in [9.17, 15) is 18.8 Å². The first-order valence-electron chi connectivity index (χ1n) is 8.01. The molecule has 0 aliphatic carbocycles. The highest BCUT2D eigenvalue weighted by molar-refractivity contribution is 9.10. The van der Waals surface area contributed by atoms with Gasteiger partial charge in [-0.3, -0.25) is 10.1 Å². The fourth-order valence-electron chi connectivity index (χ4n) is 1.95. The molecule has 2 rings (SSSR count). The smallest absolute Gasteiger partial charge is 0.344 e. The molecule has 12 heteroatoms. The van der Waals surface area contributed by atoms with E-state index in [1.807, 2.05) is 0 Å². The molecule has 29 heavy (non-hydrogen) atoms. The molecular formula is C17H15BrFN3O6S. The molecule has 1 saturated heterocycles. The molecule has 1 heterocycles. The SMILES string of the molecule is CCOC(=O)COc1c(F)cc(Br)cc1C=N/N=C1/NC(=O)/C(=C\C(=O)OC)S1. The minimum Gasteiger partial charge on any atom is -0.478 e. The third-order valence-corrected chi connectivity index (χ3v) is 4.48. The van der Waals surface area contributed by atoms with Crippen LogP contribution in [0.4, 0.5) is 4.39 Å². The number of benzene rings is 1. The Balaban J connectivity index is 2.16. The Labute approximate surface area is 177 Å². The van der Waals surface area contributed by atoms with Gasteiger partial charge in [-0.2, -0.15) is 5.10 Å². The van der Waals surface area contributed by atoms with Crippen molar-refractivity contribution < 1.29 is 33.0 Å². The Bertz CT molecular complexity index is 919. The van der Waals surface area contributed by atoms with Crippen molar-refractivity contribution in [3.05, 3.63) is 39.0 Å². The third kappa shape index (κ3) is 6.68. The fourth-order valence-corrected chi connectivity index (χ4v) is 3.13. The third-order valence-electron chi connectivity index (χ3n) is 3.12. The largest absolute Gasteiger partial charge is 0.478 e. The molecule has 0 aromatic heterocycles. The molecule has 0 atom stereocenters. The molecule has 0 unspecified atom stereocenters. The Kier molecular flexibility index (Phi) is 8.34. The van der Waals surface area contributed by atoms with Gasteiger partial charge in [0.05, 0.1) is 24.8 Å². The summed E-state index contributed by atoms with van der Waals surface area (Å²) in [7, 11) is 1.19. The summed E-state index contributed by atoms with van der Waals surface area (Å²) in [6.45, 7) is 1.34. The predicted molar refractivity (Wildman–Crippen MR) is 107 cm³/mol. The van der Waals surface area contributed by atoms with Gasteiger partial charge in [0, 0.05) is 16.1 Å². The van der Waals surface area contributed by atoms with Gasteiger partial charge in [0.2, 0.25) is 0 Å². The minimum atomic E-state index is -0.718. The molecule has 1 aliphatic rings. The number of methoxy groups -OCH3 is 1. The van der Waals surface area contributed by atoms with Crippen LogP contribution in [0, 0.1) is 5.82 Å². The first kappa shape index (κ1) is 22.6. The first-order valence-corrected chi connectivity index (χ1v) is 9.62. The molecular weight excluding hydrogens is 473 g/mol. The zero-order valence-electron chi connectivity index (χ0n) is 15.2. The normalized spacial score (nSPS) is 16.3. The summed E-state index contributed by atoms with van der Waals surface area (Å²) in [4.78, 5) is 34.5. The highest BCUT2D eigenvalue weighted by Gasteiger charge is 2.25. The van der Waals surface area contributed by atoms with Crippen LogP contribution in [0.25, 0.3) is 0 Å². The van der Waals surface area contributed by atoms with Crippen molar-refractivity contribution in [2.45, 2.75) is 6.92 Å². The first-order chi connectivity index (χ1) is 13.8. The van der Waals surface area contributed by atoms with Crippen LogP contribution in [0.1, 0.15) is 12.5 Å². The number of amides is 1. The van der Waals surface area contributed by atoms with Gasteiger partial charge < -0.3 is 14.2 Å². The van der Waals surface area contributed by atoms with Gasteiger partial charge >= 0.3 is 11.9 Å². The number of ether oxygens (including phenoxy) is 3. The van der Waals surface area contributed by atoms with Crippen molar-refractivity contribution in [3.63, 3.8) is 0 Å². The van der Waals surface area contributed by atoms with Crippen molar-refractivity contribution in [2.24, 2.45) is 10.2 Å². The topological polar surface area (TPSA) is 116 Å². The quantitative estimate of drug-likeness (QED) is 0.271. The fraction of sp³-hybridized carbons (Fsp3) is 0.235. The van der Waals surface area contributed by atoms with Crippen LogP contribution in [0.15, 0.2) is 37.8 Å². The lowest BCUT2D eigenvalue weighted by Crippen LogP contribution is -2.19. The number of esters is 2. The minimum absolute atomic E-state index is 0.0951. The lowest BCUT2D eigenvalue weighted by atomic mass is 10.2. The summed E-state index contributed by atoms with van der Waals surface area (Å²) in [5, 5.41) is 10.2. The van der Waals surface area contributed by atoms with Crippen molar-refractivity contribution >= 4 is 56.9 Å². The maximum atomic E-state index is 14.2. The van der Waals surface area contributed by atoms with Crippen molar-refractivity contribution in [1.29, 1.82) is 0 Å². The summed E-state index contributed by atoms with van der Waals surface area (Å²) in [5.41, 5.74) is 0.199. The maximum absolute atomic E-state index is 14.2. The highest BCUT2D eigenvalue weighted by atomic mass is 79.9. The summed E-state index contributed by atoms with van der Waals surface area (Å²) in [5.74, 6) is -2.78. The van der Waals surface area contributed by atoms with Crippen LogP contribution in [0.5, 0.6) is 5.75 Å². The lowest BCUT2D eigenvalue weighted by molar-refractivity contribution is -0.145. The van der Waals surface area contributed by atoms with Crippen LogP contribution in [-0.2, 0) is 23.9 Å². The number of nitrogens with one attached hydrogen (secondary N) is 1. The molecule has 154 valence electrons. The molecule has 1 fully saturated rings. The number of carbonyl (C=O) groups excluding carboxylic acids is 3. The summed E-state index contributed by atoms with van der Waals surface area (Å²) in [6, 6.07) is 2.68. The van der Waals surface area contributed by atoms with E-state index in [1.165, 1.54) is 25.5 Å². The Morgan fingerprint density at radius 2 is 2.14 bits per heavy atom. The number of halogens is 2. The summed E-state index contributed by atoms with van der Waals surface area (Å²) >= 11 is 4.05. The van der Waals surface area contributed by atoms with Gasteiger partial charge in [-0.05, 0) is 30.8 Å². The Morgan fingerprint density at radius 3 is 2.83 bits per heavy atom. The molecule has 0 spiro atoms. The second-order valence-corrected chi connectivity index (χ2v) is 7.08. The van der Waals surface area contributed by atoms with Gasteiger partial charge in [0.1, 0.15) is 0 Å². The molecule has 1 aromatic carbocycles. The number of carbonyl (C=O) groups is 3. The standard InChI is InChI=1S/C17H15BrFN3O6S/c1-3-27-14(24)8-28-15-9(4-10(18)5-11(15)19)7-20-22-17-21-16(25)12(29-17)6-13(23)26-2/h4-7H,3,8H2,1-2H3,(H,21,22,25)/b12-6+,20-7?. The van der Waals surface area contributed by atoms with Crippen molar-refractivity contribution in [2.75, 3.05) is 20.3 Å². The number of amidine groups is 1. The van der Waals surface area contributed by atoms with E-state index >= 15 is 0 Å². The number of nitrogens with zero attached hydrogens (tertiary/aromatic N) is 2. The molecule has 1 aromatic rings. The number of thioether (sulfide) groups is 1. The van der Waals surface area contributed by atoms with Crippen LogP contribution in [0.3, 0.4) is 0 Å². The van der Waals surface area contributed by atoms with E-state index in [0.717, 1.165) is 17.8 Å². The molecule has 1 aliphatic heterocycles. The zero-order valence-corrected chi connectivity index (χ0v) is 17.6. The monoisotopic (exact) mass is 487 g/mol. The van der Waals surface area contributed by atoms with Gasteiger partial charge in [0.25, 0.3) is 5.91 Å². The molecule has 9 nitrogen and oxygen atoms in total. The van der Waals surface area contributed by atoms with Gasteiger partial charge in [-0.15, -0.1) is 5.10 Å². The van der Waals surface area contributed by atoms with Crippen molar-refractivity contribution in [3.8, 4) is 5.75 Å². The highest BCUT2D eigenvalue weighted by Crippen LogP contribution is 2.27. The average molecular weight is 488 g/mol. The van der Waals surface area contributed by atoms with E-state index in [0.29, 0.717) is 4.47 Å². The molecule has 0 bridgehead atoms. The molecule has 0 radical (unpaired) electrons. The molecule has 1 amide bonds. The van der Waals surface area contributed by atoms with E-state index in [2.05, 4.69) is 36.2 Å². The van der Waals surface area contributed by atoms with E-state index in [-0.39, 0.29) is 28.0 Å². The zero-order chi connectivity index (χ0) is 21.4. The van der Waals surface area contributed by atoms with Gasteiger partial charge in [-0.25, -0.2) is 14.0 Å². The number of rotatable bonds is 7. The van der Waals surface area contributed by atoms with Crippen LogP contribution >= 0.6 is 27.7 Å². The molecule has 0 saturated carbocycles. The second-order valence-electron chi connectivity index (χ2n) is 5.14. The van der Waals surface area contributed by atoms with E-state index < -0.39 is 30.3 Å². The Morgan fingerprint density at radius 1 is 1.38 bits per heavy atom. The summed E-state index contributed by atoms with van der Waals surface area (Å²) < 4.78 is 29.0. The van der Waals surface area contributed by atoms with Gasteiger partial charge in [-0.1, -0.05) is 15.9 Å². The average Bonchev–Trinajstić information content (AvgIpc) is 3.00. The van der Waals surface area contributed by atoms with E-state index in [1.54, 1.807) is 6.92 Å². The van der Waals surface area contributed by atoms with Crippen molar-refractivity contribution in [1.82, 2.24) is 5.32 Å². The van der Waals surface area contributed by atoms with Gasteiger partial charge in [0.15, 0.2) is 23.3 Å². The summed E-state index contributed by atoms with van der Waals surface area (Å²) in [6.07, 6.45) is 2.22. The van der Waals surface area contributed by atoms with Crippen LogP contribution < -0.4 is 10.1 Å². The van der Waals surface area contributed by atoms with E-state index in [4.69, 9.17) is 9.47 Å². The van der Waals surface area contributed by atoms with Crippen LogP contribution in [-0.4, -0.2) is 49.6 Å². The maximum Gasteiger partial charge on any atom is 0.344 e. The number of hydrogen-bond acceptors (Lipinski definition) is 9. The predicted octanol–water partition coefficient (Wildman–Crippen LogP) is 2.14.